The molecule has 0 bridgehead atoms. The molecule has 0 saturated heterocycles. The highest BCUT2D eigenvalue weighted by Gasteiger charge is 2.34. The predicted molar refractivity (Wildman–Crippen MR) is 33.0 cm³/mol. The van der Waals surface area contributed by atoms with Gasteiger partial charge in [-0.2, -0.15) is 18.3 Å². The summed E-state index contributed by atoms with van der Waals surface area (Å²) in [5.41, 5.74) is -1.30. The van der Waals surface area contributed by atoms with Crippen molar-refractivity contribution >= 4 is 6.29 Å². The highest BCUT2D eigenvalue weighted by molar-refractivity contribution is 5.72. The van der Waals surface area contributed by atoms with Gasteiger partial charge in [-0.05, 0) is 0 Å². The second-order valence-electron chi connectivity index (χ2n) is 2.14. The molecule has 0 aliphatic heterocycles. The van der Waals surface area contributed by atoms with Crippen molar-refractivity contribution < 1.29 is 18.0 Å². The fourth-order valence-electron chi connectivity index (χ4n) is 0.701. The van der Waals surface area contributed by atoms with E-state index in [-0.39, 0.29) is 5.69 Å². The lowest BCUT2D eigenvalue weighted by Gasteiger charge is -1.98. The number of hydrogen-bond acceptors (Lipinski definition) is 2. The van der Waals surface area contributed by atoms with Crippen LogP contribution in [0.1, 0.15) is 11.4 Å². The molecule has 1 aromatic heterocycles. The maximum absolute atomic E-state index is 11.9. The van der Waals surface area contributed by atoms with Gasteiger partial charge in [-0.1, -0.05) is 0 Å². The van der Waals surface area contributed by atoms with E-state index in [1.54, 1.807) is 0 Å². The lowest BCUT2D eigenvalue weighted by atomic mass is 10.3. The van der Waals surface area contributed by atoms with E-state index in [1.165, 1.54) is 13.3 Å². The van der Waals surface area contributed by atoms with Crippen LogP contribution < -0.4 is 0 Å². The van der Waals surface area contributed by atoms with Gasteiger partial charge < -0.3 is 0 Å². The van der Waals surface area contributed by atoms with Crippen molar-refractivity contribution in [3.63, 3.8) is 0 Å². The average Bonchev–Trinajstić information content (AvgIpc) is 2.29. The van der Waals surface area contributed by atoms with E-state index < -0.39 is 11.9 Å². The zero-order valence-corrected chi connectivity index (χ0v) is 6.01. The van der Waals surface area contributed by atoms with Gasteiger partial charge in [0.1, 0.15) is 5.69 Å². The SMILES string of the molecule is Cn1nc(C(F)(F)F)cc1[C]=O. The van der Waals surface area contributed by atoms with E-state index in [0.717, 1.165) is 4.68 Å². The summed E-state index contributed by atoms with van der Waals surface area (Å²) >= 11 is 0. The normalized spacial score (nSPS) is 11.7. The third-order valence-electron chi connectivity index (χ3n) is 1.27. The molecular weight excluding hydrogens is 173 g/mol. The average molecular weight is 177 g/mol. The second kappa shape index (κ2) is 2.62. The minimum absolute atomic E-state index is 0.220. The zero-order valence-electron chi connectivity index (χ0n) is 6.01. The van der Waals surface area contributed by atoms with Gasteiger partial charge in [0.2, 0.25) is 0 Å². The molecule has 0 N–H and O–H groups in total. The van der Waals surface area contributed by atoms with Crippen molar-refractivity contribution in [2.75, 3.05) is 0 Å². The van der Waals surface area contributed by atoms with E-state index >= 15 is 0 Å². The van der Waals surface area contributed by atoms with E-state index in [0.29, 0.717) is 6.07 Å². The molecule has 1 aromatic rings. The Labute approximate surface area is 65.8 Å². The Kier molecular flexibility index (Phi) is 1.91. The first-order chi connectivity index (χ1) is 5.45. The maximum atomic E-state index is 11.9. The van der Waals surface area contributed by atoms with Gasteiger partial charge in [0.05, 0.1) is 0 Å². The summed E-state index contributed by atoms with van der Waals surface area (Å²) in [5, 5.41) is 3.08. The van der Waals surface area contributed by atoms with Crippen molar-refractivity contribution in [3.05, 3.63) is 17.5 Å². The van der Waals surface area contributed by atoms with Crippen molar-refractivity contribution in [1.29, 1.82) is 0 Å². The summed E-state index contributed by atoms with van der Waals surface area (Å²) in [6.07, 6.45) is -3.17. The Morgan fingerprint density at radius 3 is 2.42 bits per heavy atom. The van der Waals surface area contributed by atoms with E-state index in [2.05, 4.69) is 5.10 Å². The quantitative estimate of drug-likeness (QED) is 0.638. The molecule has 6 heteroatoms. The summed E-state index contributed by atoms with van der Waals surface area (Å²) in [4.78, 5) is 10.0. The largest absolute Gasteiger partial charge is 0.435 e. The molecule has 12 heavy (non-hydrogen) atoms. The molecule has 0 aliphatic carbocycles. The van der Waals surface area contributed by atoms with Crippen molar-refractivity contribution in [2.24, 2.45) is 7.05 Å². The number of hydrogen-bond donors (Lipinski definition) is 0. The lowest BCUT2D eigenvalue weighted by molar-refractivity contribution is -0.141. The summed E-state index contributed by atoms with van der Waals surface area (Å²) in [6.45, 7) is 0. The highest BCUT2D eigenvalue weighted by Crippen LogP contribution is 2.27. The number of nitrogens with zero attached hydrogens (tertiary/aromatic N) is 2. The lowest BCUT2D eigenvalue weighted by Crippen LogP contribution is -2.06. The standard InChI is InChI=1S/C6H4F3N2O/c1-11-4(3-12)2-5(10-11)6(7,8)9/h2H,1H3. The van der Waals surface area contributed by atoms with Gasteiger partial charge in [-0.3, -0.25) is 9.48 Å². The molecule has 0 saturated carbocycles. The third-order valence-corrected chi connectivity index (χ3v) is 1.27. The van der Waals surface area contributed by atoms with Gasteiger partial charge in [-0.15, -0.1) is 0 Å². The van der Waals surface area contributed by atoms with Crippen molar-refractivity contribution in [2.45, 2.75) is 6.18 Å². The first-order valence-corrected chi connectivity index (χ1v) is 2.94. The van der Waals surface area contributed by atoms with Gasteiger partial charge in [0.15, 0.2) is 5.69 Å². The highest BCUT2D eigenvalue weighted by atomic mass is 19.4. The number of aromatic nitrogens is 2. The number of halogens is 3. The molecule has 1 radical (unpaired) electrons. The molecule has 1 heterocycles. The Hall–Kier alpha value is -1.33. The third kappa shape index (κ3) is 1.46. The fraction of sp³-hybridized carbons (Fsp3) is 0.333. The number of aryl methyl sites for hydroxylation is 1. The molecular formula is C6H4F3N2O. The van der Waals surface area contributed by atoms with Crippen molar-refractivity contribution in [1.82, 2.24) is 9.78 Å². The number of carbonyl (C=O) groups excluding carboxylic acids is 1. The summed E-state index contributed by atoms with van der Waals surface area (Å²) < 4.78 is 36.6. The molecule has 65 valence electrons. The molecule has 3 nitrogen and oxygen atoms in total. The van der Waals surface area contributed by atoms with Gasteiger partial charge in [-0.25, -0.2) is 0 Å². The summed E-state index contributed by atoms with van der Waals surface area (Å²) in [5.74, 6) is 0. The molecule has 0 spiro atoms. The first-order valence-electron chi connectivity index (χ1n) is 2.94. The van der Waals surface area contributed by atoms with Crippen LogP contribution in [0.4, 0.5) is 13.2 Å². The fourth-order valence-corrected chi connectivity index (χ4v) is 0.701. The molecule has 0 unspecified atom stereocenters. The first kappa shape index (κ1) is 8.76. The van der Waals surface area contributed by atoms with Crippen molar-refractivity contribution in [3.8, 4) is 0 Å². The van der Waals surface area contributed by atoms with Gasteiger partial charge in [0.25, 0.3) is 6.29 Å². The summed E-state index contributed by atoms with van der Waals surface area (Å²) in [6, 6.07) is 0.646. The van der Waals surface area contributed by atoms with Gasteiger partial charge >= 0.3 is 6.18 Å². The van der Waals surface area contributed by atoms with E-state index in [4.69, 9.17) is 0 Å². The smallest absolute Gasteiger partial charge is 0.283 e. The van der Waals surface area contributed by atoms with Crippen LogP contribution in [-0.2, 0) is 18.0 Å². The van der Waals surface area contributed by atoms with Crippen LogP contribution >= 0.6 is 0 Å². The van der Waals surface area contributed by atoms with E-state index in [9.17, 15) is 18.0 Å². The van der Waals surface area contributed by atoms with Crippen LogP contribution in [0.3, 0.4) is 0 Å². The summed E-state index contributed by atoms with van der Waals surface area (Å²) in [7, 11) is 1.25. The van der Waals surface area contributed by atoms with Crippen LogP contribution in [0.25, 0.3) is 0 Å². The topological polar surface area (TPSA) is 34.9 Å². The Morgan fingerprint density at radius 2 is 2.17 bits per heavy atom. The Bertz CT molecular complexity index is 302. The molecule has 0 aromatic carbocycles. The number of alkyl halides is 3. The Morgan fingerprint density at radius 1 is 1.58 bits per heavy atom. The monoisotopic (exact) mass is 177 g/mol. The van der Waals surface area contributed by atoms with Crippen LogP contribution in [0.2, 0.25) is 0 Å². The minimum atomic E-state index is -4.51. The van der Waals surface area contributed by atoms with Gasteiger partial charge in [0, 0.05) is 13.1 Å². The van der Waals surface area contributed by atoms with Crippen LogP contribution in [-0.4, -0.2) is 16.1 Å². The molecule has 0 amide bonds. The van der Waals surface area contributed by atoms with Crippen LogP contribution in [0.15, 0.2) is 6.07 Å². The number of rotatable bonds is 1. The van der Waals surface area contributed by atoms with Crippen LogP contribution in [0.5, 0.6) is 0 Å². The second-order valence-corrected chi connectivity index (χ2v) is 2.14. The van der Waals surface area contributed by atoms with Crippen LogP contribution in [0, 0.1) is 0 Å². The molecule has 0 aliphatic rings. The molecule has 1 rings (SSSR count). The van der Waals surface area contributed by atoms with E-state index in [1.807, 2.05) is 0 Å². The predicted octanol–water partition coefficient (Wildman–Crippen LogP) is 0.897. The maximum Gasteiger partial charge on any atom is 0.435 e. The minimum Gasteiger partial charge on any atom is -0.283 e. The molecule has 0 atom stereocenters. The Balaban J connectivity index is 3.13. The molecule has 0 fully saturated rings. The zero-order chi connectivity index (χ0) is 9.35.